The lowest BCUT2D eigenvalue weighted by atomic mass is 10.0. The molecule has 0 spiro atoms. The number of para-hydroxylation sites is 3. The Morgan fingerprint density at radius 3 is 1.61 bits per heavy atom. The molecule has 0 saturated heterocycles. The molecule has 0 aliphatic carbocycles. The summed E-state index contributed by atoms with van der Waals surface area (Å²) in [5.41, 5.74) is 10.4. The molecule has 1 aliphatic rings. The van der Waals surface area contributed by atoms with Gasteiger partial charge in [-0.3, -0.25) is 5.32 Å². The lowest BCUT2D eigenvalue weighted by Gasteiger charge is -2.32. The highest BCUT2D eigenvalue weighted by Crippen LogP contribution is 2.40. The topological polar surface area (TPSA) is 46.3 Å². The highest BCUT2D eigenvalue weighted by molar-refractivity contribution is 6.19. The van der Waals surface area contributed by atoms with Crippen LogP contribution in [-0.2, 0) is 0 Å². The number of amidine groups is 1. The summed E-state index contributed by atoms with van der Waals surface area (Å²) < 4.78 is 4.81. The third-order valence-corrected chi connectivity index (χ3v) is 11.0. The number of aliphatic imine (C=N–C) groups is 1. The minimum atomic E-state index is -0.214. The van der Waals surface area contributed by atoms with Gasteiger partial charge in [0.2, 0.25) is 0 Å². The van der Waals surface area contributed by atoms with E-state index in [1.807, 2.05) is 6.07 Å². The minimum Gasteiger partial charge on any atom is -0.350 e. The van der Waals surface area contributed by atoms with E-state index in [1.165, 1.54) is 54.4 Å². The van der Waals surface area contributed by atoms with Gasteiger partial charge in [-0.25, -0.2) is 4.99 Å². The van der Waals surface area contributed by atoms with E-state index in [-0.39, 0.29) is 12.3 Å². The molecule has 0 amide bonds. The van der Waals surface area contributed by atoms with Crippen LogP contribution in [0.15, 0.2) is 193 Å². The van der Waals surface area contributed by atoms with Crippen molar-refractivity contribution in [3.8, 4) is 11.4 Å². The number of nitrogens with one attached hydrogen (secondary N) is 2. The number of hydrogen-bond donors (Lipinski definition) is 2. The van der Waals surface area contributed by atoms with Gasteiger partial charge < -0.3 is 14.5 Å². The van der Waals surface area contributed by atoms with E-state index in [1.54, 1.807) is 0 Å². The summed E-state index contributed by atoms with van der Waals surface area (Å²) in [6.45, 7) is 0. The van der Waals surface area contributed by atoms with Gasteiger partial charge in [0.1, 0.15) is 18.2 Å². The van der Waals surface area contributed by atoms with E-state index >= 15 is 0 Å². The van der Waals surface area contributed by atoms with Crippen molar-refractivity contribution < 1.29 is 0 Å². The van der Waals surface area contributed by atoms with Gasteiger partial charge in [0.25, 0.3) is 0 Å². The zero-order valence-electron chi connectivity index (χ0n) is 29.4. The predicted molar refractivity (Wildman–Crippen MR) is 224 cm³/mol. The fraction of sp³-hybridized carbons (Fsp3) is 0.0408. The van der Waals surface area contributed by atoms with E-state index < -0.39 is 0 Å². The molecule has 256 valence electrons. The first kappa shape index (κ1) is 30.7. The Hall–Kier alpha value is -6.95. The minimum absolute atomic E-state index is 0.148. The maximum atomic E-state index is 5.19. The summed E-state index contributed by atoms with van der Waals surface area (Å²) in [7, 11) is 0. The van der Waals surface area contributed by atoms with E-state index in [2.05, 4.69) is 202 Å². The molecule has 5 nitrogen and oxygen atoms in total. The Bertz CT molecular complexity index is 3050. The smallest absolute Gasteiger partial charge is 0.131 e. The summed E-state index contributed by atoms with van der Waals surface area (Å²) in [5, 5.41) is 14.9. The number of rotatable bonds is 5. The van der Waals surface area contributed by atoms with Crippen LogP contribution < -0.4 is 10.6 Å². The van der Waals surface area contributed by atoms with Gasteiger partial charge >= 0.3 is 0 Å². The summed E-state index contributed by atoms with van der Waals surface area (Å²) in [6.07, 6.45) is -0.362. The van der Waals surface area contributed by atoms with Crippen LogP contribution >= 0.6 is 0 Å². The number of benzene rings is 8. The van der Waals surface area contributed by atoms with Crippen molar-refractivity contribution in [3.05, 3.63) is 205 Å². The molecule has 3 heterocycles. The lowest BCUT2D eigenvalue weighted by molar-refractivity contribution is 0.409. The van der Waals surface area contributed by atoms with Crippen molar-refractivity contribution in [2.24, 2.45) is 4.99 Å². The molecule has 8 aromatic carbocycles. The van der Waals surface area contributed by atoms with E-state index in [4.69, 9.17) is 4.99 Å². The Balaban J connectivity index is 1.03. The first-order valence-corrected chi connectivity index (χ1v) is 18.5. The second-order valence-corrected chi connectivity index (χ2v) is 14.1. The van der Waals surface area contributed by atoms with Crippen molar-refractivity contribution >= 4 is 60.2 Å². The van der Waals surface area contributed by atoms with Gasteiger partial charge in [-0.05, 0) is 76.5 Å². The van der Waals surface area contributed by atoms with Crippen molar-refractivity contribution in [2.45, 2.75) is 12.3 Å². The second kappa shape index (κ2) is 12.3. The predicted octanol–water partition coefficient (Wildman–Crippen LogP) is 11.4. The van der Waals surface area contributed by atoms with Crippen molar-refractivity contribution in [2.75, 3.05) is 0 Å². The Labute approximate surface area is 312 Å². The molecule has 2 unspecified atom stereocenters. The quantitative estimate of drug-likeness (QED) is 0.188. The molecule has 2 atom stereocenters. The average Bonchev–Trinajstić information content (AvgIpc) is 3.75. The first-order chi connectivity index (χ1) is 26.8. The number of aromatic nitrogens is 2. The van der Waals surface area contributed by atoms with Crippen LogP contribution in [-0.4, -0.2) is 15.0 Å². The van der Waals surface area contributed by atoms with E-state index in [9.17, 15) is 0 Å². The Morgan fingerprint density at radius 2 is 0.944 bits per heavy atom. The van der Waals surface area contributed by atoms with E-state index in [0.29, 0.717) is 0 Å². The average molecular weight is 694 g/mol. The number of nitrogens with zero attached hydrogens (tertiary/aromatic N) is 3. The largest absolute Gasteiger partial charge is 0.350 e. The summed E-state index contributed by atoms with van der Waals surface area (Å²) in [6, 6.07) is 67.5. The molecule has 0 bridgehead atoms. The summed E-state index contributed by atoms with van der Waals surface area (Å²) in [4.78, 5) is 5.19. The van der Waals surface area contributed by atoms with Crippen LogP contribution in [0.4, 0.5) is 0 Å². The van der Waals surface area contributed by atoms with Crippen LogP contribution in [0.5, 0.6) is 0 Å². The highest BCUT2D eigenvalue weighted by Gasteiger charge is 2.26. The zero-order chi connectivity index (χ0) is 35.6. The molecule has 1 aliphatic heterocycles. The van der Waals surface area contributed by atoms with Gasteiger partial charge in [0.15, 0.2) is 0 Å². The highest BCUT2D eigenvalue weighted by atomic mass is 15.3. The van der Waals surface area contributed by atoms with Crippen LogP contribution in [0.1, 0.15) is 29.0 Å². The van der Waals surface area contributed by atoms with Crippen LogP contribution in [0, 0.1) is 0 Å². The zero-order valence-corrected chi connectivity index (χ0v) is 29.4. The normalized spacial score (nSPS) is 16.0. The fourth-order valence-electron chi connectivity index (χ4n) is 8.40. The molecule has 54 heavy (non-hydrogen) atoms. The van der Waals surface area contributed by atoms with Gasteiger partial charge in [-0.15, -0.1) is 0 Å². The molecule has 0 radical (unpaired) electrons. The molecule has 2 aromatic heterocycles. The van der Waals surface area contributed by atoms with Crippen molar-refractivity contribution in [3.63, 3.8) is 0 Å². The van der Waals surface area contributed by atoms with Crippen LogP contribution in [0.25, 0.3) is 65.8 Å². The van der Waals surface area contributed by atoms with Crippen molar-refractivity contribution in [1.82, 2.24) is 19.8 Å². The second-order valence-electron chi connectivity index (χ2n) is 14.1. The lowest BCUT2D eigenvalue weighted by Crippen LogP contribution is -2.44. The van der Waals surface area contributed by atoms with Gasteiger partial charge in [-0.1, -0.05) is 133 Å². The molecular weight excluding hydrogens is 659 g/mol. The Kier molecular flexibility index (Phi) is 7.00. The maximum Gasteiger partial charge on any atom is 0.131 e. The first-order valence-electron chi connectivity index (χ1n) is 18.5. The molecule has 10 aromatic rings. The van der Waals surface area contributed by atoms with Crippen LogP contribution in [0.3, 0.4) is 0 Å². The van der Waals surface area contributed by atoms with Gasteiger partial charge in [0.05, 0.1) is 22.1 Å². The molecular formula is C49H35N5. The molecule has 5 heteroatoms. The summed E-state index contributed by atoms with van der Waals surface area (Å²) in [5.74, 6) is 0.877. The number of hydrogen-bond acceptors (Lipinski definition) is 3. The Morgan fingerprint density at radius 1 is 0.407 bits per heavy atom. The third kappa shape index (κ3) is 4.94. The van der Waals surface area contributed by atoms with E-state index in [0.717, 1.165) is 33.9 Å². The van der Waals surface area contributed by atoms with Crippen molar-refractivity contribution in [1.29, 1.82) is 0 Å². The third-order valence-electron chi connectivity index (χ3n) is 11.0. The van der Waals surface area contributed by atoms with Crippen LogP contribution in [0.2, 0.25) is 0 Å². The molecule has 2 N–H and O–H groups in total. The molecule has 0 saturated carbocycles. The van der Waals surface area contributed by atoms with Gasteiger partial charge in [0, 0.05) is 38.5 Å². The standard InChI is InChI=1S/C49H35N5/c1-3-14-33(15-4-1)47-50-48(52-49(51-47)36-24-23-32-13-7-8-16-35(32)29-36)34-25-27-38(28-26-34)54-44-22-12-10-20-40(44)42-30-45-41(31-46(42)54)39-19-9-11-21-43(39)53(45)37-17-5-2-6-18-37/h1-31,48-49,52H,(H,50,51). The summed E-state index contributed by atoms with van der Waals surface area (Å²) >= 11 is 0. The number of fused-ring (bicyclic) bond motifs is 7. The molecule has 0 fully saturated rings. The maximum absolute atomic E-state index is 5.19. The fourth-order valence-corrected chi connectivity index (χ4v) is 8.40. The SMILES string of the molecule is c1ccc(C2=NC(c3ccc4ccccc4c3)NC(c3ccc(-n4c5ccccc5c5cc6c(cc54)c4ccccc4n6-c4ccccc4)cc3)N2)cc1. The molecule has 11 rings (SSSR count). The monoisotopic (exact) mass is 693 g/mol. The van der Waals surface area contributed by atoms with Gasteiger partial charge in [-0.2, -0.15) is 0 Å².